The van der Waals surface area contributed by atoms with E-state index >= 15 is 0 Å². The van der Waals surface area contributed by atoms with Crippen molar-refractivity contribution in [3.63, 3.8) is 0 Å². The molecular formula is C18H15BiO3. The summed E-state index contributed by atoms with van der Waals surface area (Å²) in [5, 5.41) is 29.4. The molecule has 4 heteroatoms. The molecule has 3 aromatic rings. The van der Waals surface area contributed by atoms with Gasteiger partial charge < -0.3 is 0 Å². The fourth-order valence-corrected chi connectivity index (χ4v) is 11.6. The Kier molecular flexibility index (Phi) is 4.30. The van der Waals surface area contributed by atoms with Gasteiger partial charge in [-0.25, -0.2) is 0 Å². The van der Waals surface area contributed by atoms with Gasteiger partial charge in [-0.3, -0.25) is 0 Å². The Bertz CT molecular complexity index is 693. The zero-order chi connectivity index (χ0) is 15.5. The molecule has 3 rings (SSSR count). The molecular weight excluding hydrogens is 473 g/mol. The van der Waals surface area contributed by atoms with Crippen molar-refractivity contribution in [2.45, 2.75) is 0 Å². The Hall–Kier alpha value is -2.06. The molecule has 0 heterocycles. The second-order valence-corrected chi connectivity index (χ2v) is 13.5. The SMILES string of the molecule is Oc1ccc[c]([Bi]([c]2cccc(O)c2)[c]2cccc(O)c2)c1. The van der Waals surface area contributed by atoms with Crippen LogP contribution in [0.15, 0.2) is 72.8 Å². The van der Waals surface area contributed by atoms with Crippen molar-refractivity contribution >= 4 is 31.6 Å². The summed E-state index contributed by atoms with van der Waals surface area (Å²) in [6.07, 6.45) is 0. The Morgan fingerprint density at radius 3 is 1.09 bits per heavy atom. The van der Waals surface area contributed by atoms with Gasteiger partial charge in [-0.2, -0.15) is 0 Å². The van der Waals surface area contributed by atoms with E-state index in [1.165, 1.54) is 0 Å². The molecule has 0 aliphatic carbocycles. The Morgan fingerprint density at radius 2 is 0.818 bits per heavy atom. The topological polar surface area (TPSA) is 60.7 Å². The van der Waals surface area contributed by atoms with Crippen molar-refractivity contribution in [1.82, 2.24) is 0 Å². The predicted octanol–water partition coefficient (Wildman–Crippen LogP) is 1.32. The van der Waals surface area contributed by atoms with Crippen LogP contribution in [0.5, 0.6) is 17.2 Å². The van der Waals surface area contributed by atoms with Gasteiger partial charge >= 0.3 is 137 Å². The van der Waals surface area contributed by atoms with Crippen LogP contribution in [0, 0.1) is 0 Å². The molecule has 0 saturated carbocycles. The van der Waals surface area contributed by atoms with Crippen molar-refractivity contribution in [2.75, 3.05) is 0 Å². The Balaban J connectivity index is 2.18. The maximum absolute atomic E-state index is 9.80. The summed E-state index contributed by atoms with van der Waals surface area (Å²) >= 11 is -2.66. The van der Waals surface area contributed by atoms with Crippen molar-refractivity contribution < 1.29 is 15.3 Å². The average Bonchev–Trinajstić information content (AvgIpc) is 2.48. The molecule has 0 aliphatic heterocycles. The van der Waals surface area contributed by atoms with Crippen molar-refractivity contribution in [3.8, 4) is 17.2 Å². The fraction of sp³-hybridized carbons (Fsp3) is 0. The maximum atomic E-state index is 9.80. The number of benzene rings is 3. The number of hydrogen-bond acceptors (Lipinski definition) is 3. The summed E-state index contributed by atoms with van der Waals surface area (Å²) < 4.78 is 3.27. The number of phenols is 3. The van der Waals surface area contributed by atoms with Gasteiger partial charge in [0.1, 0.15) is 0 Å². The third-order valence-electron chi connectivity index (χ3n) is 3.26. The molecule has 22 heavy (non-hydrogen) atoms. The first-order valence-corrected chi connectivity index (χ1v) is 12.0. The summed E-state index contributed by atoms with van der Waals surface area (Å²) in [6, 6.07) is 21.8. The summed E-state index contributed by atoms with van der Waals surface area (Å²) in [5.74, 6) is 0.702. The fourth-order valence-electron chi connectivity index (χ4n) is 2.34. The van der Waals surface area contributed by atoms with E-state index in [2.05, 4.69) is 0 Å². The van der Waals surface area contributed by atoms with E-state index in [0.29, 0.717) is 0 Å². The molecule has 0 amide bonds. The van der Waals surface area contributed by atoms with E-state index in [0.717, 1.165) is 9.81 Å². The van der Waals surface area contributed by atoms with Crippen LogP contribution in [0.25, 0.3) is 0 Å². The van der Waals surface area contributed by atoms with E-state index in [1.54, 1.807) is 36.4 Å². The third-order valence-corrected chi connectivity index (χ3v) is 12.5. The summed E-state index contributed by atoms with van der Waals surface area (Å²) in [5.41, 5.74) is 0. The standard InChI is InChI=1S/3C6H5O.Bi/c3*7-6-4-2-1-3-5-6;/h3*1-2,4-5,7H;. The van der Waals surface area contributed by atoms with E-state index < -0.39 is 21.8 Å². The molecule has 3 N–H and O–H groups in total. The zero-order valence-corrected chi connectivity index (χ0v) is 15.2. The Morgan fingerprint density at radius 1 is 0.500 bits per heavy atom. The van der Waals surface area contributed by atoms with Gasteiger partial charge in [-0.05, 0) is 0 Å². The molecule has 0 radical (unpaired) electrons. The van der Waals surface area contributed by atoms with Crippen LogP contribution in [-0.4, -0.2) is 37.1 Å². The minimum atomic E-state index is -2.66. The molecule has 3 nitrogen and oxygen atoms in total. The average molecular weight is 488 g/mol. The van der Waals surface area contributed by atoms with Crippen molar-refractivity contribution in [2.24, 2.45) is 0 Å². The number of aromatic hydroxyl groups is 3. The van der Waals surface area contributed by atoms with Gasteiger partial charge in [0.05, 0.1) is 0 Å². The summed E-state index contributed by atoms with van der Waals surface area (Å²) in [6.45, 7) is 0. The summed E-state index contributed by atoms with van der Waals surface area (Å²) in [7, 11) is 0. The van der Waals surface area contributed by atoms with E-state index in [-0.39, 0.29) is 17.2 Å². The Labute approximate surface area is 136 Å². The van der Waals surface area contributed by atoms with Crippen LogP contribution < -0.4 is 9.81 Å². The molecule has 110 valence electrons. The molecule has 0 saturated heterocycles. The minimum absolute atomic E-state index is 0.234. The van der Waals surface area contributed by atoms with Crippen molar-refractivity contribution in [1.29, 1.82) is 0 Å². The van der Waals surface area contributed by atoms with Crippen LogP contribution in [-0.2, 0) is 0 Å². The second-order valence-electron chi connectivity index (χ2n) is 4.89. The molecule has 0 atom stereocenters. The van der Waals surface area contributed by atoms with Gasteiger partial charge in [-0.15, -0.1) is 0 Å². The normalized spacial score (nSPS) is 10.8. The molecule has 0 aliphatic rings. The zero-order valence-electron chi connectivity index (χ0n) is 11.7. The van der Waals surface area contributed by atoms with Crippen LogP contribution >= 0.6 is 0 Å². The van der Waals surface area contributed by atoms with Crippen molar-refractivity contribution in [3.05, 3.63) is 72.8 Å². The van der Waals surface area contributed by atoms with Gasteiger partial charge in [-0.1, -0.05) is 0 Å². The van der Waals surface area contributed by atoms with Gasteiger partial charge in [0.2, 0.25) is 0 Å². The second kappa shape index (κ2) is 6.37. The molecule has 0 spiro atoms. The van der Waals surface area contributed by atoms with E-state index in [1.807, 2.05) is 36.4 Å². The number of rotatable bonds is 3. The molecule has 0 bridgehead atoms. The molecule has 0 fully saturated rings. The molecule has 3 aromatic carbocycles. The monoisotopic (exact) mass is 488 g/mol. The van der Waals surface area contributed by atoms with Crippen LogP contribution in [0.4, 0.5) is 0 Å². The first-order valence-electron chi connectivity index (χ1n) is 6.81. The van der Waals surface area contributed by atoms with E-state index in [9.17, 15) is 15.3 Å². The van der Waals surface area contributed by atoms with E-state index in [4.69, 9.17) is 0 Å². The molecule has 0 unspecified atom stereocenters. The third kappa shape index (κ3) is 3.23. The number of hydrogen-bond donors (Lipinski definition) is 3. The first-order chi connectivity index (χ1) is 10.6. The number of phenolic OH excluding ortho intramolecular Hbond substituents is 3. The summed E-state index contributed by atoms with van der Waals surface area (Å²) in [4.78, 5) is 0. The quantitative estimate of drug-likeness (QED) is 0.488. The van der Waals surface area contributed by atoms with Crippen LogP contribution in [0.1, 0.15) is 0 Å². The molecule has 0 aromatic heterocycles. The van der Waals surface area contributed by atoms with Crippen LogP contribution in [0.2, 0.25) is 0 Å². The first kappa shape index (κ1) is 14.9. The predicted molar refractivity (Wildman–Crippen MR) is 89.0 cm³/mol. The van der Waals surface area contributed by atoms with Crippen LogP contribution in [0.3, 0.4) is 0 Å². The van der Waals surface area contributed by atoms with Gasteiger partial charge in [0.15, 0.2) is 0 Å². The van der Waals surface area contributed by atoms with Gasteiger partial charge in [0.25, 0.3) is 0 Å². The van der Waals surface area contributed by atoms with Gasteiger partial charge in [0, 0.05) is 0 Å².